The molecule has 0 unspecified atom stereocenters. The van der Waals surface area contributed by atoms with Gasteiger partial charge in [-0.1, -0.05) is 18.2 Å². The van der Waals surface area contributed by atoms with E-state index in [0.717, 1.165) is 4.68 Å². The fourth-order valence-electron chi connectivity index (χ4n) is 3.24. The molecule has 1 aromatic carbocycles. The molecule has 0 radical (unpaired) electrons. The van der Waals surface area contributed by atoms with Gasteiger partial charge in [0, 0.05) is 5.69 Å². The van der Waals surface area contributed by atoms with E-state index in [-0.39, 0.29) is 29.7 Å². The van der Waals surface area contributed by atoms with Gasteiger partial charge in [-0.3, -0.25) is 4.79 Å². The molecule has 0 bridgehead atoms. The molecule has 1 fully saturated rings. The molecule has 0 aliphatic carbocycles. The lowest BCUT2D eigenvalue weighted by molar-refractivity contribution is -0.119. The highest BCUT2D eigenvalue weighted by atomic mass is 32.2. The second kappa shape index (κ2) is 7.12. The van der Waals surface area contributed by atoms with Gasteiger partial charge in [0.2, 0.25) is 5.91 Å². The zero-order valence-corrected chi connectivity index (χ0v) is 15.5. The van der Waals surface area contributed by atoms with Crippen LogP contribution in [0.2, 0.25) is 0 Å². The standard InChI is InChI=1S/C18H17N3O6S/c22-16(11-20-18(23)27-17(19-20)15-7-4-9-26-15)21(13-5-2-1-3-6-13)14-8-10-28(24,25)12-14/h1-7,9,14H,8,10-12H2/t14-/m0/s1. The van der Waals surface area contributed by atoms with Crippen LogP contribution in [0.25, 0.3) is 11.7 Å². The van der Waals surface area contributed by atoms with E-state index in [0.29, 0.717) is 12.1 Å². The summed E-state index contributed by atoms with van der Waals surface area (Å²) < 4.78 is 34.9. The van der Waals surface area contributed by atoms with Crippen molar-refractivity contribution in [3.05, 3.63) is 59.3 Å². The minimum Gasteiger partial charge on any atom is -0.459 e. The maximum Gasteiger partial charge on any atom is 0.437 e. The molecule has 4 rings (SSSR count). The lowest BCUT2D eigenvalue weighted by Gasteiger charge is -2.28. The average Bonchev–Trinajstić information content (AvgIpc) is 3.38. The first-order chi connectivity index (χ1) is 13.4. The molecule has 0 spiro atoms. The van der Waals surface area contributed by atoms with Gasteiger partial charge >= 0.3 is 5.76 Å². The Morgan fingerprint density at radius 1 is 1.21 bits per heavy atom. The number of carbonyl (C=O) groups is 1. The lowest BCUT2D eigenvalue weighted by atomic mass is 10.2. The number of rotatable bonds is 5. The van der Waals surface area contributed by atoms with Crippen molar-refractivity contribution in [1.29, 1.82) is 0 Å². The predicted octanol–water partition coefficient (Wildman–Crippen LogP) is 1.32. The fraction of sp³-hybridized carbons (Fsp3) is 0.278. The van der Waals surface area contributed by atoms with Crippen molar-refractivity contribution in [3.8, 4) is 11.7 Å². The summed E-state index contributed by atoms with van der Waals surface area (Å²) in [5.74, 6) is -1.09. The predicted molar refractivity (Wildman–Crippen MR) is 99.5 cm³/mol. The van der Waals surface area contributed by atoms with Gasteiger partial charge in [-0.05, 0) is 30.7 Å². The van der Waals surface area contributed by atoms with Crippen LogP contribution in [0.1, 0.15) is 6.42 Å². The summed E-state index contributed by atoms with van der Waals surface area (Å²) in [4.78, 5) is 26.5. The Morgan fingerprint density at radius 2 is 2.00 bits per heavy atom. The van der Waals surface area contributed by atoms with Gasteiger partial charge in [0.25, 0.3) is 5.89 Å². The molecule has 9 nitrogen and oxygen atoms in total. The number of hydrogen-bond donors (Lipinski definition) is 0. The quantitative estimate of drug-likeness (QED) is 0.631. The second-order valence-corrected chi connectivity index (χ2v) is 8.69. The van der Waals surface area contributed by atoms with Crippen LogP contribution in [-0.4, -0.2) is 41.7 Å². The van der Waals surface area contributed by atoms with Crippen molar-refractivity contribution >= 4 is 21.4 Å². The molecule has 2 aromatic heterocycles. The van der Waals surface area contributed by atoms with Crippen LogP contribution in [0.3, 0.4) is 0 Å². The van der Waals surface area contributed by atoms with Crippen molar-refractivity contribution in [2.75, 3.05) is 16.4 Å². The fourth-order valence-corrected chi connectivity index (χ4v) is 4.94. The molecule has 0 N–H and O–H groups in total. The molecule has 3 aromatic rings. The molecule has 1 atom stereocenters. The summed E-state index contributed by atoms with van der Waals surface area (Å²) in [6.07, 6.45) is 1.76. The Morgan fingerprint density at radius 3 is 2.64 bits per heavy atom. The van der Waals surface area contributed by atoms with Gasteiger partial charge in [-0.2, -0.15) is 4.68 Å². The van der Waals surface area contributed by atoms with Gasteiger partial charge in [0.15, 0.2) is 15.6 Å². The molecule has 0 saturated carbocycles. The van der Waals surface area contributed by atoms with Crippen LogP contribution in [-0.2, 0) is 21.2 Å². The molecule has 10 heteroatoms. The van der Waals surface area contributed by atoms with Crippen molar-refractivity contribution < 1.29 is 22.0 Å². The molecular formula is C18H17N3O6S. The number of hydrogen-bond acceptors (Lipinski definition) is 7. The summed E-state index contributed by atoms with van der Waals surface area (Å²) in [7, 11) is -3.20. The Bertz CT molecular complexity index is 1130. The first-order valence-corrected chi connectivity index (χ1v) is 10.4. The number of furan rings is 1. The zero-order valence-electron chi connectivity index (χ0n) is 14.7. The van der Waals surface area contributed by atoms with Crippen molar-refractivity contribution in [1.82, 2.24) is 9.78 Å². The van der Waals surface area contributed by atoms with Crippen molar-refractivity contribution in [2.45, 2.75) is 19.0 Å². The van der Waals surface area contributed by atoms with E-state index in [9.17, 15) is 18.0 Å². The van der Waals surface area contributed by atoms with Crippen LogP contribution in [0, 0.1) is 0 Å². The van der Waals surface area contributed by atoms with Gasteiger partial charge in [-0.15, -0.1) is 5.10 Å². The Labute approximate surface area is 160 Å². The summed E-state index contributed by atoms with van der Waals surface area (Å²) in [6.45, 7) is -0.380. The van der Waals surface area contributed by atoms with Crippen molar-refractivity contribution in [2.24, 2.45) is 0 Å². The third-order valence-corrected chi connectivity index (χ3v) is 6.25. The number of sulfone groups is 1. The van der Waals surface area contributed by atoms with E-state index in [2.05, 4.69) is 5.10 Å². The first-order valence-electron chi connectivity index (χ1n) is 8.62. The van der Waals surface area contributed by atoms with E-state index < -0.39 is 27.5 Å². The first kappa shape index (κ1) is 18.2. The number of nitrogens with zero attached hydrogens (tertiary/aromatic N) is 3. The molecule has 146 valence electrons. The van der Waals surface area contributed by atoms with Crippen LogP contribution in [0.15, 0.2) is 62.4 Å². The van der Waals surface area contributed by atoms with Crippen molar-refractivity contribution in [3.63, 3.8) is 0 Å². The highest BCUT2D eigenvalue weighted by molar-refractivity contribution is 7.91. The third-order valence-electron chi connectivity index (χ3n) is 4.50. The smallest absolute Gasteiger partial charge is 0.437 e. The van der Waals surface area contributed by atoms with Gasteiger partial charge in [0.1, 0.15) is 6.54 Å². The van der Waals surface area contributed by atoms with Crippen LogP contribution in [0.5, 0.6) is 0 Å². The summed E-state index contributed by atoms with van der Waals surface area (Å²) in [5, 5.41) is 4.00. The molecular weight excluding hydrogens is 386 g/mol. The number of aromatic nitrogens is 2. The van der Waals surface area contributed by atoms with E-state index in [1.807, 2.05) is 0 Å². The number of para-hydroxylation sites is 1. The summed E-state index contributed by atoms with van der Waals surface area (Å²) in [6, 6.07) is 11.5. The van der Waals surface area contributed by atoms with Gasteiger partial charge < -0.3 is 13.7 Å². The number of amides is 1. The topological polar surface area (TPSA) is 116 Å². The maximum absolute atomic E-state index is 13.0. The zero-order chi connectivity index (χ0) is 19.7. The summed E-state index contributed by atoms with van der Waals surface area (Å²) >= 11 is 0. The van der Waals surface area contributed by atoms with Crippen LogP contribution >= 0.6 is 0 Å². The number of anilines is 1. The van der Waals surface area contributed by atoms with Crippen LogP contribution in [0.4, 0.5) is 5.69 Å². The normalized spacial score (nSPS) is 18.2. The van der Waals surface area contributed by atoms with E-state index in [1.165, 1.54) is 11.2 Å². The highest BCUT2D eigenvalue weighted by Crippen LogP contribution is 2.25. The Hall–Kier alpha value is -3.14. The van der Waals surface area contributed by atoms with E-state index >= 15 is 0 Å². The molecule has 1 amide bonds. The maximum atomic E-state index is 13.0. The highest BCUT2D eigenvalue weighted by Gasteiger charge is 2.36. The number of benzene rings is 1. The molecule has 1 aliphatic rings. The largest absolute Gasteiger partial charge is 0.459 e. The SMILES string of the molecule is O=C(Cn1nc(-c2ccco2)oc1=O)N(c1ccccc1)[C@H]1CCS(=O)(=O)C1. The van der Waals surface area contributed by atoms with Gasteiger partial charge in [0.05, 0.1) is 23.8 Å². The minimum absolute atomic E-state index is 0.0286. The average molecular weight is 403 g/mol. The van der Waals surface area contributed by atoms with E-state index in [4.69, 9.17) is 8.83 Å². The van der Waals surface area contributed by atoms with Crippen LogP contribution < -0.4 is 10.7 Å². The number of carbonyl (C=O) groups excluding carboxylic acids is 1. The second-order valence-electron chi connectivity index (χ2n) is 6.46. The molecule has 28 heavy (non-hydrogen) atoms. The third kappa shape index (κ3) is 3.63. The molecule has 3 heterocycles. The molecule has 1 saturated heterocycles. The minimum atomic E-state index is -3.20. The lowest BCUT2D eigenvalue weighted by Crippen LogP contribution is -2.44. The summed E-state index contributed by atoms with van der Waals surface area (Å²) in [5.41, 5.74) is 0.567. The molecule has 1 aliphatic heterocycles. The Kier molecular flexibility index (Phi) is 4.63. The van der Waals surface area contributed by atoms with Gasteiger partial charge in [-0.25, -0.2) is 13.2 Å². The monoisotopic (exact) mass is 403 g/mol. The Balaban J connectivity index is 1.62. The van der Waals surface area contributed by atoms with E-state index in [1.54, 1.807) is 42.5 Å².